The SMILES string of the molecule is Cc1cc(-c2noc(-c3cn4nc(C(F)(F)F)ccc4n3)n2)c(C)cc1OC(C)CO. The number of fused-ring (bicyclic) bond motifs is 1. The number of imidazole rings is 1. The number of aliphatic hydroxyl groups is 1. The zero-order valence-electron chi connectivity index (χ0n) is 16.8. The van der Waals surface area contributed by atoms with Crippen LogP contribution in [0.1, 0.15) is 23.7 Å². The maximum atomic E-state index is 12.9. The number of hydrogen-bond acceptors (Lipinski definition) is 7. The lowest BCUT2D eigenvalue weighted by molar-refractivity contribution is -0.141. The minimum absolute atomic E-state index is 0.0559. The number of aryl methyl sites for hydroxylation is 2. The van der Waals surface area contributed by atoms with E-state index in [2.05, 4.69) is 20.2 Å². The fourth-order valence-corrected chi connectivity index (χ4v) is 2.98. The van der Waals surface area contributed by atoms with Crippen LogP contribution in [-0.2, 0) is 6.18 Å². The van der Waals surface area contributed by atoms with Gasteiger partial charge in [-0.3, -0.25) is 0 Å². The van der Waals surface area contributed by atoms with Gasteiger partial charge in [-0.2, -0.15) is 23.3 Å². The predicted molar refractivity (Wildman–Crippen MR) is 103 cm³/mol. The Morgan fingerprint density at radius 2 is 1.94 bits per heavy atom. The van der Waals surface area contributed by atoms with E-state index >= 15 is 0 Å². The average Bonchev–Trinajstić information content (AvgIpc) is 3.35. The normalized spacial score (nSPS) is 13.0. The second-order valence-electron chi connectivity index (χ2n) is 7.11. The number of rotatable bonds is 5. The molecule has 3 heterocycles. The smallest absolute Gasteiger partial charge is 0.435 e. The molecule has 162 valence electrons. The molecule has 0 aliphatic heterocycles. The molecule has 1 unspecified atom stereocenters. The first-order chi connectivity index (χ1) is 14.7. The van der Waals surface area contributed by atoms with E-state index in [1.165, 1.54) is 12.3 Å². The van der Waals surface area contributed by atoms with E-state index in [1.807, 2.05) is 26.0 Å². The van der Waals surface area contributed by atoms with E-state index in [-0.39, 0.29) is 29.9 Å². The van der Waals surface area contributed by atoms with Gasteiger partial charge in [-0.05, 0) is 56.2 Å². The van der Waals surface area contributed by atoms with Crippen molar-refractivity contribution in [2.45, 2.75) is 33.1 Å². The molecule has 1 atom stereocenters. The van der Waals surface area contributed by atoms with Gasteiger partial charge in [0.2, 0.25) is 5.82 Å². The summed E-state index contributed by atoms with van der Waals surface area (Å²) in [6.07, 6.45) is -3.61. The number of aliphatic hydroxyl groups excluding tert-OH is 1. The first kappa shape index (κ1) is 20.8. The number of ether oxygens (including phenoxy) is 1. The molecule has 0 fully saturated rings. The van der Waals surface area contributed by atoms with Crippen LogP contribution in [-0.4, -0.2) is 42.6 Å². The van der Waals surface area contributed by atoms with Gasteiger partial charge in [0.25, 0.3) is 5.89 Å². The number of alkyl halides is 3. The van der Waals surface area contributed by atoms with Crippen molar-refractivity contribution in [2.75, 3.05) is 6.61 Å². The number of halogens is 3. The zero-order valence-corrected chi connectivity index (χ0v) is 16.8. The molecule has 0 aliphatic rings. The fraction of sp³-hybridized carbons (Fsp3) is 0.300. The van der Waals surface area contributed by atoms with E-state index < -0.39 is 11.9 Å². The Hall–Kier alpha value is -3.47. The summed E-state index contributed by atoms with van der Waals surface area (Å²) in [5.41, 5.74) is 1.75. The monoisotopic (exact) mass is 433 g/mol. The van der Waals surface area contributed by atoms with Gasteiger partial charge >= 0.3 is 6.18 Å². The van der Waals surface area contributed by atoms with Crippen molar-refractivity contribution in [1.82, 2.24) is 24.7 Å². The highest BCUT2D eigenvalue weighted by Crippen LogP contribution is 2.31. The quantitative estimate of drug-likeness (QED) is 0.511. The van der Waals surface area contributed by atoms with E-state index in [0.29, 0.717) is 17.1 Å². The highest BCUT2D eigenvalue weighted by atomic mass is 19.4. The van der Waals surface area contributed by atoms with Gasteiger partial charge in [0.15, 0.2) is 11.3 Å². The first-order valence-electron chi connectivity index (χ1n) is 9.32. The summed E-state index contributed by atoms with van der Waals surface area (Å²) in [6.45, 7) is 5.37. The van der Waals surface area contributed by atoms with Crippen molar-refractivity contribution in [3.05, 3.63) is 47.3 Å². The second-order valence-corrected chi connectivity index (χ2v) is 7.11. The molecular formula is C20H18F3N5O3. The Labute approximate surface area is 174 Å². The molecule has 31 heavy (non-hydrogen) atoms. The minimum atomic E-state index is -4.56. The van der Waals surface area contributed by atoms with Crippen molar-refractivity contribution >= 4 is 5.65 Å². The molecule has 3 aromatic heterocycles. The lowest BCUT2D eigenvalue weighted by atomic mass is 10.0. The number of nitrogens with zero attached hydrogens (tertiary/aromatic N) is 5. The van der Waals surface area contributed by atoms with Crippen LogP contribution in [0.2, 0.25) is 0 Å². The Morgan fingerprint density at radius 3 is 2.65 bits per heavy atom. The summed E-state index contributed by atoms with van der Waals surface area (Å²) in [5.74, 6) is 0.997. The number of aromatic nitrogens is 5. The van der Waals surface area contributed by atoms with Crippen molar-refractivity contribution < 1.29 is 27.5 Å². The highest BCUT2D eigenvalue weighted by molar-refractivity contribution is 5.65. The summed E-state index contributed by atoms with van der Waals surface area (Å²) in [5, 5.41) is 16.7. The lowest BCUT2D eigenvalue weighted by Gasteiger charge is -2.16. The molecule has 0 radical (unpaired) electrons. The van der Waals surface area contributed by atoms with E-state index in [9.17, 15) is 18.3 Å². The molecular weight excluding hydrogens is 415 g/mol. The summed E-state index contributed by atoms with van der Waals surface area (Å²) >= 11 is 0. The van der Waals surface area contributed by atoms with Crippen LogP contribution in [0.3, 0.4) is 0 Å². The van der Waals surface area contributed by atoms with Crippen LogP contribution in [0.15, 0.2) is 35.0 Å². The van der Waals surface area contributed by atoms with Crippen molar-refractivity contribution in [1.29, 1.82) is 0 Å². The molecule has 4 rings (SSSR count). The van der Waals surface area contributed by atoms with Gasteiger partial charge < -0.3 is 14.4 Å². The van der Waals surface area contributed by atoms with Crippen LogP contribution in [0.5, 0.6) is 5.75 Å². The summed E-state index contributed by atoms with van der Waals surface area (Å²) in [6, 6.07) is 5.74. The topological polar surface area (TPSA) is 98.6 Å². The lowest BCUT2D eigenvalue weighted by Crippen LogP contribution is -2.16. The third kappa shape index (κ3) is 4.08. The Morgan fingerprint density at radius 1 is 1.16 bits per heavy atom. The van der Waals surface area contributed by atoms with E-state index in [0.717, 1.165) is 21.7 Å². The van der Waals surface area contributed by atoms with Gasteiger partial charge in [-0.15, -0.1) is 0 Å². The third-order valence-corrected chi connectivity index (χ3v) is 4.60. The summed E-state index contributed by atoms with van der Waals surface area (Å²) in [4.78, 5) is 8.54. The first-order valence-corrected chi connectivity index (χ1v) is 9.32. The molecule has 0 spiro atoms. The van der Waals surface area contributed by atoms with E-state index in [1.54, 1.807) is 6.92 Å². The van der Waals surface area contributed by atoms with Crippen molar-refractivity contribution in [2.24, 2.45) is 0 Å². The Balaban J connectivity index is 1.66. The molecule has 0 bridgehead atoms. The molecule has 4 aromatic rings. The average molecular weight is 433 g/mol. The van der Waals surface area contributed by atoms with Gasteiger partial charge in [0, 0.05) is 5.56 Å². The standard InChI is InChI=1S/C20H18F3N5O3/c1-10-7-15(30-12(3)9-29)11(2)6-13(10)18-25-19(31-27-18)14-8-28-17(24-14)5-4-16(26-28)20(21,22)23/h4-8,12,29H,9H2,1-3H3. The van der Waals surface area contributed by atoms with Gasteiger partial charge in [0.1, 0.15) is 17.5 Å². The molecule has 0 amide bonds. The number of benzene rings is 1. The number of hydrogen-bond donors (Lipinski definition) is 1. The molecule has 0 saturated carbocycles. The van der Waals surface area contributed by atoms with Crippen LogP contribution < -0.4 is 4.74 Å². The van der Waals surface area contributed by atoms with Crippen LogP contribution in [0.25, 0.3) is 28.6 Å². The van der Waals surface area contributed by atoms with Gasteiger partial charge in [-0.1, -0.05) is 5.16 Å². The summed E-state index contributed by atoms with van der Waals surface area (Å²) in [7, 11) is 0. The van der Waals surface area contributed by atoms with Crippen LogP contribution in [0.4, 0.5) is 13.2 Å². The van der Waals surface area contributed by atoms with Crippen LogP contribution in [0, 0.1) is 13.8 Å². The maximum Gasteiger partial charge on any atom is 0.435 e. The fourth-order valence-electron chi connectivity index (χ4n) is 2.98. The second kappa shape index (κ2) is 7.65. The Kier molecular flexibility index (Phi) is 5.13. The van der Waals surface area contributed by atoms with Crippen LogP contribution >= 0.6 is 0 Å². The Bertz CT molecular complexity index is 1250. The largest absolute Gasteiger partial charge is 0.488 e. The molecule has 0 aliphatic carbocycles. The molecule has 11 heteroatoms. The van der Waals surface area contributed by atoms with Crippen molar-refractivity contribution in [3.63, 3.8) is 0 Å². The van der Waals surface area contributed by atoms with Crippen molar-refractivity contribution in [3.8, 4) is 28.7 Å². The molecule has 8 nitrogen and oxygen atoms in total. The molecule has 1 aromatic carbocycles. The third-order valence-electron chi connectivity index (χ3n) is 4.60. The van der Waals surface area contributed by atoms with E-state index in [4.69, 9.17) is 9.26 Å². The maximum absolute atomic E-state index is 12.9. The minimum Gasteiger partial charge on any atom is -0.488 e. The van der Waals surface area contributed by atoms with Gasteiger partial charge in [-0.25, -0.2) is 9.50 Å². The highest BCUT2D eigenvalue weighted by Gasteiger charge is 2.33. The zero-order chi connectivity index (χ0) is 22.3. The molecule has 1 N–H and O–H groups in total. The predicted octanol–water partition coefficient (Wildman–Crippen LogP) is 3.84. The summed E-state index contributed by atoms with van der Waals surface area (Å²) < 4.78 is 50.6. The van der Waals surface area contributed by atoms with Gasteiger partial charge in [0.05, 0.1) is 12.8 Å². The molecule has 0 saturated heterocycles.